The molecular weight excluding hydrogens is 198 g/mol. The van der Waals surface area contributed by atoms with Crippen molar-refractivity contribution in [3.63, 3.8) is 0 Å². The van der Waals surface area contributed by atoms with Crippen LogP contribution < -0.4 is 5.73 Å². The van der Waals surface area contributed by atoms with Crippen LogP contribution in [-0.2, 0) is 0 Å². The molecule has 16 heavy (non-hydrogen) atoms. The Hall–Kier alpha value is -0.120. The quantitative estimate of drug-likeness (QED) is 0.716. The number of likely N-dealkylation sites (N-methyl/N-ethyl adjacent to an activating group) is 2. The molecule has 0 radical (unpaired) electrons. The van der Waals surface area contributed by atoms with Gasteiger partial charge in [0.2, 0.25) is 0 Å². The summed E-state index contributed by atoms with van der Waals surface area (Å²) < 4.78 is 0. The Morgan fingerprint density at radius 1 is 1.50 bits per heavy atom. The molecule has 2 N–H and O–H groups in total. The Labute approximate surface area is 101 Å². The Morgan fingerprint density at radius 3 is 2.88 bits per heavy atom. The molecule has 1 saturated heterocycles. The van der Waals surface area contributed by atoms with E-state index in [0.717, 1.165) is 12.5 Å². The van der Waals surface area contributed by atoms with E-state index in [9.17, 15) is 0 Å². The summed E-state index contributed by atoms with van der Waals surface area (Å²) in [4.78, 5) is 5.09. The van der Waals surface area contributed by atoms with Crippen LogP contribution in [0.5, 0.6) is 0 Å². The van der Waals surface area contributed by atoms with E-state index in [1.54, 1.807) is 0 Å². The highest BCUT2D eigenvalue weighted by Gasteiger charge is 2.23. The number of hydrogen-bond donors (Lipinski definition) is 1. The maximum atomic E-state index is 5.76. The molecule has 1 aliphatic rings. The van der Waals surface area contributed by atoms with Gasteiger partial charge in [-0.1, -0.05) is 6.92 Å². The van der Waals surface area contributed by atoms with Crippen molar-refractivity contribution in [1.82, 2.24) is 9.80 Å². The van der Waals surface area contributed by atoms with Crippen molar-refractivity contribution in [2.24, 2.45) is 5.73 Å². The molecule has 0 amide bonds. The molecule has 2 atom stereocenters. The van der Waals surface area contributed by atoms with Crippen molar-refractivity contribution in [3.8, 4) is 0 Å². The first-order valence-corrected chi connectivity index (χ1v) is 6.81. The summed E-state index contributed by atoms with van der Waals surface area (Å²) in [6, 6.07) is 1.15. The zero-order chi connectivity index (χ0) is 12.0. The fourth-order valence-electron chi connectivity index (χ4n) is 2.65. The molecule has 0 aromatic carbocycles. The Bertz CT molecular complexity index is 182. The largest absolute Gasteiger partial charge is 0.328 e. The van der Waals surface area contributed by atoms with Crippen molar-refractivity contribution in [2.45, 2.75) is 51.6 Å². The first-order chi connectivity index (χ1) is 7.63. The van der Waals surface area contributed by atoms with Crippen LogP contribution in [0.15, 0.2) is 0 Å². The molecule has 3 heteroatoms. The van der Waals surface area contributed by atoms with E-state index in [1.807, 2.05) is 0 Å². The lowest BCUT2D eigenvalue weighted by atomic mass is 10.1. The second-order valence-corrected chi connectivity index (χ2v) is 5.31. The maximum Gasteiger partial charge on any atom is 0.0223 e. The van der Waals surface area contributed by atoms with E-state index in [1.165, 1.54) is 45.4 Å². The van der Waals surface area contributed by atoms with Crippen LogP contribution in [-0.4, -0.2) is 55.1 Å². The van der Waals surface area contributed by atoms with Gasteiger partial charge in [0.25, 0.3) is 0 Å². The predicted octanol–water partition coefficient (Wildman–Crippen LogP) is 1.53. The average Bonchev–Trinajstić information content (AvgIpc) is 2.64. The van der Waals surface area contributed by atoms with Gasteiger partial charge in [0.05, 0.1) is 0 Å². The highest BCUT2D eigenvalue weighted by molar-refractivity contribution is 4.80. The molecule has 0 saturated carbocycles. The van der Waals surface area contributed by atoms with Crippen LogP contribution >= 0.6 is 0 Å². The Morgan fingerprint density at radius 2 is 2.25 bits per heavy atom. The van der Waals surface area contributed by atoms with E-state index in [4.69, 9.17) is 5.73 Å². The second kappa shape index (κ2) is 7.25. The van der Waals surface area contributed by atoms with Crippen LogP contribution in [0.2, 0.25) is 0 Å². The average molecular weight is 227 g/mol. The third kappa shape index (κ3) is 4.81. The van der Waals surface area contributed by atoms with Crippen molar-refractivity contribution in [3.05, 3.63) is 0 Å². The lowest BCUT2D eigenvalue weighted by molar-refractivity contribution is 0.196. The molecule has 1 rings (SSSR count). The standard InChI is InChI=1S/C13H29N3/c1-4-16-10-6-8-13(16)11-15(3)9-5-7-12(2)14/h12-13H,4-11,14H2,1-3H3. The number of nitrogens with zero attached hydrogens (tertiary/aromatic N) is 2. The Kier molecular flexibility index (Phi) is 6.32. The van der Waals surface area contributed by atoms with E-state index in [-0.39, 0.29) is 0 Å². The highest BCUT2D eigenvalue weighted by Crippen LogP contribution is 2.17. The summed E-state index contributed by atoms with van der Waals surface area (Å²) >= 11 is 0. The monoisotopic (exact) mass is 227 g/mol. The summed E-state index contributed by atoms with van der Waals surface area (Å²) in [5.74, 6) is 0. The number of rotatable bonds is 7. The van der Waals surface area contributed by atoms with Crippen LogP contribution in [0, 0.1) is 0 Å². The molecule has 96 valence electrons. The zero-order valence-electron chi connectivity index (χ0n) is 11.3. The fourth-order valence-corrected chi connectivity index (χ4v) is 2.65. The molecule has 0 aromatic heterocycles. The minimum Gasteiger partial charge on any atom is -0.328 e. The minimum absolute atomic E-state index is 0.354. The second-order valence-electron chi connectivity index (χ2n) is 5.31. The van der Waals surface area contributed by atoms with E-state index in [2.05, 4.69) is 30.7 Å². The van der Waals surface area contributed by atoms with Gasteiger partial charge in [-0.15, -0.1) is 0 Å². The smallest absolute Gasteiger partial charge is 0.0223 e. The molecule has 1 fully saturated rings. The molecule has 1 aliphatic heterocycles. The summed E-state index contributed by atoms with van der Waals surface area (Å²) in [6.45, 7) is 9.29. The van der Waals surface area contributed by atoms with Gasteiger partial charge in [-0.05, 0) is 59.3 Å². The van der Waals surface area contributed by atoms with Crippen LogP contribution in [0.4, 0.5) is 0 Å². The van der Waals surface area contributed by atoms with E-state index >= 15 is 0 Å². The third-order valence-corrected chi connectivity index (χ3v) is 3.63. The highest BCUT2D eigenvalue weighted by atomic mass is 15.2. The van der Waals surface area contributed by atoms with Gasteiger partial charge in [-0.2, -0.15) is 0 Å². The molecule has 0 spiro atoms. The lowest BCUT2D eigenvalue weighted by Gasteiger charge is -2.27. The van der Waals surface area contributed by atoms with Crippen LogP contribution in [0.3, 0.4) is 0 Å². The summed E-state index contributed by atoms with van der Waals surface area (Å²) in [5, 5.41) is 0. The molecular formula is C13H29N3. The lowest BCUT2D eigenvalue weighted by Crippen LogP contribution is -2.39. The van der Waals surface area contributed by atoms with Gasteiger partial charge < -0.3 is 10.6 Å². The molecule has 2 unspecified atom stereocenters. The van der Waals surface area contributed by atoms with Crippen LogP contribution in [0.25, 0.3) is 0 Å². The van der Waals surface area contributed by atoms with Gasteiger partial charge in [-0.3, -0.25) is 4.90 Å². The SMILES string of the molecule is CCN1CCCC1CN(C)CCCC(C)N. The molecule has 1 heterocycles. The predicted molar refractivity (Wildman–Crippen MR) is 70.6 cm³/mol. The fraction of sp³-hybridized carbons (Fsp3) is 1.00. The van der Waals surface area contributed by atoms with E-state index in [0.29, 0.717) is 6.04 Å². The van der Waals surface area contributed by atoms with Gasteiger partial charge in [0.1, 0.15) is 0 Å². The molecule has 0 bridgehead atoms. The van der Waals surface area contributed by atoms with Crippen molar-refractivity contribution >= 4 is 0 Å². The van der Waals surface area contributed by atoms with Crippen molar-refractivity contribution < 1.29 is 0 Å². The summed E-state index contributed by atoms with van der Waals surface area (Å²) in [7, 11) is 2.24. The van der Waals surface area contributed by atoms with Gasteiger partial charge >= 0.3 is 0 Å². The van der Waals surface area contributed by atoms with Gasteiger partial charge in [0.15, 0.2) is 0 Å². The topological polar surface area (TPSA) is 32.5 Å². The van der Waals surface area contributed by atoms with Crippen molar-refractivity contribution in [1.29, 1.82) is 0 Å². The third-order valence-electron chi connectivity index (χ3n) is 3.63. The zero-order valence-corrected chi connectivity index (χ0v) is 11.3. The first kappa shape index (κ1) is 13.9. The normalized spacial score (nSPS) is 24.2. The van der Waals surface area contributed by atoms with Crippen molar-refractivity contribution in [2.75, 3.05) is 33.2 Å². The number of nitrogens with two attached hydrogens (primary N) is 1. The Balaban J connectivity index is 2.15. The van der Waals surface area contributed by atoms with Gasteiger partial charge in [0, 0.05) is 18.6 Å². The van der Waals surface area contributed by atoms with Gasteiger partial charge in [-0.25, -0.2) is 0 Å². The summed E-state index contributed by atoms with van der Waals surface area (Å²) in [6.07, 6.45) is 5.14. The molecule has 0 aliphatic carbocycles. The number of likely N-dealkylation sites (tertiary alicyclic amines) is 1. The maximum absolute atomic E-state index is 5.76. The van der Waals surface area contributed by atoms with Crippen LogP contribution in [0.1, 0.15) is 39.5 Å². The molecule has 3 nitrogen and oxygen atoms in total. The number of hydrogen-bond acceptors (Lipinski definition) is 3. The first-order valence-electron chi connectivity index (χ1n) is 6.81. The molecule has 0 aromatic rings. The summed E-state index contributed by atoms with van der Waals surface area (Å²) in [5.41, 5.74) is 5.76. The minimum atomic E-state index is 0.354. The van der Waals surface area contributed by atoms with E-state index < -0.39 is 0 Å².